The lowest BCUT2D eigenvalue weighted by molar-refractivity contribution is -0.122. The van der Waals surface area contributed by atoms with E-state index in [1.54, 1.807) is 29.7 Å². The number of esters is 1. The zero-order valence-electron chi connectivity index (χ0n) is 15.3. The number of methoxy groups -OCH3 is 1. The minimum atomic E-state index is -1.23. The number of anilines is 2. The third kappa shape index (κ3) is 3.04. The van der Waals surface area contributed by atoms with Gasteiger partial charge in [0, 0.05) is 14.5 Å². The molecule has 1 amide bonds. The third-order valence-electron chi connectivity index (χ3n) is 4.92. The molecule has 1 atom stereocenters. The van der Waals surface area contributed by atoms with E-state index >= 15 is 0 Å². The molecule has 0 unspecified atom stereocenters. The van der Waals surface area contributed by atoms with Crippen LogP contribution >= 0.6 is 39.1 Å². The van der Waals surface area contributed by atoms with Crippen molar-refractivity contribution in [1.29, 1.82) is 0 Å². The van der Waals surface area contributed by atoms with E-state index in [0.29, 0.717) is 21.3 Å². The predicted molar refractivity (Wildman–Crippen MR) is 114 cm³/mol. The Morgan fingerprint density at radius 2 is 1.76 bits per heavy atom. The number of hydrogen-bond acceptors (Lipinski definition) is 4. The molecular weight excluding hydrogens is 481 g/mol. The summed E-state index contributed by atoms with van der Waals surface area (Å²) in [7, 11) is 1.28. The molecule has 3 aromatic rings. The molecule has 0 aliphatic carbocycles. The maximum absolute atomic E-state index is 13.7. The van der Waals surface area contributed by atoms with E-state index in [1.165, 1.54) is 18.2 Å². The van der Waals surface area contributed by atoms with Crippen molar-refractivity contribution in [3.8, 4) is 0 Å². The Morgan fingerprint density at radius 3 is 2.34 bits per heavy atom. The van der Waals surface area contributed by atoms with Crippen LogP contribution in [0.2, 0.25) is 10.0 Å². The summed E-state index contributed by atoms with van der Waals surface area (Å²) in [4.78, 5) is 31.9. The maximum Gasteiger partial charge on any atom is 0.356 e. The summed E-state index contributed by atoms with van der Waals surface area (Å²) in [6.07, 6.45) is 1.39. The number of halogens is 3. The molecule has 4 rings (SSSR count). The van der Waals surface area contributed by atoms with Crippen LogP contribution in [0.15, 0.2) is 53.1 Å². The molecule has 2 aromatic carbocycles. The van der Waals surface area contributed by atoms with Crippen LogP contribution < -0.4 is 4.90 Å². The van der Waals surface area contributed by atoms with Gasteiger partial charge in [-0.25, -0.2) is 14.7 Å². The Hall–Kier alpha value is -2.35. The van der Waals surface area contributed by atoms with Gasteiger partial charge in [-0.15, -0.1) is 0 Å². The maximum atomic E-state index is 13.7. The highest BCUT2D eigenvalue weighted by Crippen LogP contribution is 2.45. The van der Waals surface area contributed by atoms with Crippen molar-refractivity contribution in [2.24, 2.45) is 0 Å². The quantitative estimate of drug-likeness (QED) is 0.470. The molecule has 0 N–H and O–H groups in total. The molecule has 1 aliphatic rings. The van der Waals surface area contributed by atoms with E-state index in [1.807, 2.05) is 24.3 Å². The fourth-order valence-electron chi connectivity index (χ4n) is 3.52. The van der Waals surface area contributed by atoms with Crippen molar-refractivity contribution in [2.45, 2.75) is 12.5 Å². The van der Waals surface area contributed by atoms with Crippen molar-refractivity contribution in [3.05, 3.63) is 74.4 Å². The molecule has 148 valence electrons. The van der Waals surface area contributed by atoms with E-state index in [-0.39, 0.29) is 17.5 Å². The lowest BCUT2D eigenvalue weighted by Gasteiger charge is -2.26. The first-order chi connectivity index (χ1) is 13.8. The van der Waals surface area contributed by atoms with E-state index in [2.05, 4.69) is 20.9 Å². The second-order valence-corrected chi connectivity index (χ2v) is 8.41. The number of hydrogen-bond donors (Lipinski definition) is 0. The molecule has 1 aliphatic heterocycles. The highest BCUT2D eigenvalue weighted by Gasteiger charge is 2.52. The number of fused-ring (bicyclic) bond motifs is 1. The largest absolute Gasteiger partial charge is 0.464 e. The van der Waals surface area contributed by atoms with Crippen LogP contribution in [0, 0.1) is 0 Å². The molecule has 0 saturated carbocycles. The first kappa shape index (κ1) is 19.9. The van der Waals surface area contributed by atoms with Gasteiger partial charge < -0.3 is 4.74 Å². The summed E-state index contributed by atoms with van der Waals surface area (Å²) in [5.41, 5.74) is 0.0735. The number of rotatable bonds is 3. The van der Waals surface area contributed by atoms with Gasteiger partial charge in [-0.3, -0.25) is 9.36 Å². The predicted octanol–water partition coefficient (Wildman–Crippen LogP) is 5.18. The molecule has 29 heavy (non-hydrogen) atoms. The number of carbonyl (C=O) groups excluding carboxylic acids is 2. The molecule has 0 spiro atoms. The van der Waals surface area contributed by atoms with Crippen molar-refractivity contribution in [2.75, 3.05) is 12.0 Å². The summed E-state index contributed by atoms with van der Waals surface area (Å²) in [5.74, 6) is -0.614. The average Bonchev–Trinajstić information content (AvgIpc) is 3.20. The number of imidazole rings is 1. The molecule has 9 heteroatoms. The first-order valence-electron chi connectivity index (χ1n) is 8.50. The van der Waals surface area contributed by atoms with Crippen LogP contribution in [0.5, 0.6) is 0 Å². The highest BCUT2D eigenvalue weighted by molar-refractivity contribution is 9.10. The van der Waals surface area contributed by atoms with Crippen molar-refractivity contribution < 1.29 is 14.3 Å². The standard InChI is InChI=1S/C20H14BrCl2N3O3/c1-20(11-3-5-12(21)6-4-11)18(28)25(15-8-13(22)7-14(23)9-15)19-24-10-16(26(19)20)17(27)29-2/h3-10H,1-2H3/t20-/m1/s1. The zero-order valence-corrected chi connectivity index (χ0v) is 18.4. The van der Waals surface area contributed by atoms with E-state index in [9.17, 15) is 9.59 Å². The zero-order chi connectivity index (χ0) is 20.9. The topological polar surface area (TPSA) is 64.4 Å². The monoisotopic (exact) mass is 493 g/mol. The summed E-state index contributed by atoms with van der Waals surface area (Å²) in [6.45, 7) is 1.74. The van der Waals surface area contributed by atoms with Crippen LogP contribution in [-0.2, 0) is 15.1 Å². The molecule has 0 saturated heterocycles. The fourth-order valence-corrected chi connectivity index (χ4v) is 4.30. The second-order valence-electron chi connectivity index (χ2n) is 6.62. The number of benzene rings is 2. The Labute approximate surface area is 185 Å². The average molecular weight is 495 g/mol. The van der Waals surface area contributed by atoms with Gasteiger partial charge in [0.25, 0.3) is 5.91 Å². The lowest BCUT2D eigenvalue weighted by atomic mass is 9.91. The summed E-state index contributed by atoms with van der Waals surface area (Å²) < 4.78 is 7.35. The molecule has 0 fully saturated rings. The van der Waals surface area contributed by atoms with Gasteiger partial charge in [0.2, 0.25) is 5.95 Å². The minimum Gasteiger partial charge on any atom is -0.464 e. The lowest BCUT2D eigenvalue weighted by Crippen LogP contribution is -2.41. The molecule has 0 radical (unpaired) electrons. The highest BCUT2D eigenvalue weighted by atomic mass is 79.9. The summed E-state index contributed by atoms with van der Waals surface area (Å²) in [5, 5.41) is 0.757. The Balaban J connectivity index is 1.99. The third-order valence-corrected chi connectivity index (χ3v) is 5.88. The first-order valence-corrected chi connectivity index (χ1v) is 10.1. The van der Waals surface area contributed by atoms with E-state index in [4.69, 9.17) is 27.9 Å². The van der Waals surface area contributed by atoms with E-state index < -0.39 is 11.5 Å². The van der Waals surface area contributed by atoms with Crippen molar-refractivity contribution in [1.82, 2.24) is 9.55 Å². The second kappa shape index (κ2) is 7.16. The van der Waals surface area contributed by atoms with Crippen LogP contribution in [-0.4, -0.2) is 28.5 Å². The molecule has 1 aromatic heterocycles. The minimum absolute atomic E-state index is 0.164. The van der Waals surface area contributed by atoms with Crippen LogP contribution in [0.1, 0.15) is 23.0 Å². The Morgan fingerprint density at radius 1 is 1.14 bits per heavy atom. The van der Waals surface area contributed by atoms with Crippen LogP contribution in [0.25, 0.3) is 0 Å². The molecule has 6 nitrogen and oxygen atoms in total. The fraction of sp³-hybridized carbons (Fsp3) is 0.150. The number of aromatic nitrogens is 2. The summed E-state index contributed by atoms with van der Waals surface area (Å²) in [6, 6.07) is 12.1. The van der Waals surface area contributed by atoms with Crippen molar-refractivity contribution in [3.63, 3.8) is 0 Å². The molecule has 0 bridgehead atoms. The number of ether oxygens (including phenoxy) is 1. The van der Waals surface area contributed by atoms with Crippen LogP contribution in [0.3, 0.4) is 0 Å². The van der Waals surface area contributed by atoms with E-state index in [0.717, 1.165) is 4.47 Å². The number of amides is 1. The van der Waals surface area contributed by atoms with Gasteiger partial charge in [0.15, 0.2) is 5.54 Å². The van der Waals surface area contributed by atoms with Gasteiger partial charge in [0.05, 0.1) is 19.0 Å². The SMILES string of the molecule is COC(=O)c1cnc2n1[C@](C)(c1ccc(Br)cc1)C(=O)N2c1cc(Cl)cc(Cl)c1. The molecule has 2 heterocycles. The normalized spacial score (nSPS) is 18.1. The van der Waals surface area contributed by atoms with Gasteiger partial charge in [0.1, 0.15) is 5.69 Å². The summed E-state index contributed by atoms with van der Waals surface area (Å²) >= 11 is 15.7. The smallest absolute Gasteiger partial charge is 0.356 e. The van der Waals surface area contributed by atoms with Crippen LogP contribution in [0.4, 0.5) is 11.6 Å². The molecular formula is C20H14BrCl2N3O3. The van der Waals surface area contributed by atoms with Gasteiger partial charge >= 0.3 is 5.97 Å². The van der Waals surface area contributed by atoms with Gasteiger partial charge in [-0.05, 0) is 42.8 Å². The number of carbonyl (C=O) groups is 2. The number of nitrogens with zero attached hydrogens (tertiary/aromatic N) is 3. The Bertz CT molecular complexity index is 1130. The van der Waals surface area contributed by atoms with Gasteiger partial charge in [-0.2, -0.15) is 0 Å². The van der Waals surface area contributed by atoms with Gasteiger partial charge in [-0.1, -0.05) is 51.3 Å². The van der Waals surface area contributed by atoms with Crippen molar-refractivity contribution >= 4 is 62.6 Å². The Kier molecular flexibility index (Phi) is 4.93.